The SMILES string of the molecule is CN(C)Cc1cccc(C2Nc3cccc4c3C(NNC4=O)C2c2ccccc2)c1. The highest BCUT2D eigenvalue weighted by atomic mass is 16.2. The van der Waals surface area contributed by atoms with Crippen molar-refractivity contribution in [2.45, 2.75) is 24.5 Å². The average molecular weight is 399 g/mol. The summed E-state index contributed by atoms with van der Waals surface area (Å²) in [6.07, 6.45) is 0. The van der Waals surface area contributed by atoms with Gasteiger partial charge in [0.05, 0.1) is 12.1 Å². The van der Waals surface area contributed by atoms with Crippen molar-refractivity contribution in [1.82, 2.24) is 15.8 Å². The highest BCUT2D eigenvalue weighted by Crippen LogP contribution is 2.50. The fourth-order valence-corrected chi connectivity index (χ4v) is 4.83. The lowest BCUT2D eigenvalue weighted by Gasteiger charge is -2.44. The number of nitrogens with one attached hydrogen (secondary N) is 3. The molecule has 0 saturated carbocycles. The highest BCUT2D eigenvalue weighted by Gasteiger charge is 2.42. The molecule has 30 heavy (non-hydrogen) atoms. The third-order valence-electron chi connectivity index (χ3n) is 6.03. The van der Waals surface area contributed by atoms with E-state index in [2.05, 4.69) is 89.8 Å². The summed E-state index contributed by atoms with van der Waals surface area (Å²) in [6, 6.07) is 25.4. The van der Waals surface area contributed by atoms with Gasteiger partial charge in [0.2, 0.25) is 0 Å². The first kappa shape index (κ1) is 18.9. The molecule has 0 fully saturated rings. The van der Waals surface area contributed by atoms with Crippen LogP contribution in [0.5, 0.6) is 0 Å². The van der Waals surface area contributed by atoms with Gasteiger partial charge in [-0.15, -0.1) is 0 Å². The van der Waals surface area contributed by atoms with Gasteiger partial charge in [-0.2, -0.15) is 0 Å². The molecule has 0 aromatic heterocycles. The summed E-state index contributed by atoms with van der Waals surface area (Å²) >= 11 is 0. The summed E-state index contributed by atoms with van der Waals surface area (Å²) in [7, 11) is 4.18. The number of hydrazine groups is 1. The topological polar surface area (TPSA) is 56.4 Å². The van der Waals surface area contributed by atoms with Crippen LogP contribution < -0.4 is 16.2 Å². The number of carbonyl (C=O) groups is 1. The average Bonchev–Trinajstić information content (AvgIpc) is 2.76. The molecule has 3 aromatic carbocycles. The van der Waals surface area contributed by atoms with Crippen LogP contribution in [0.25, 0.3) is 0 Å². The molecular weight excluding hydrogens is 372 g/mol. The molecule has 2 aliphatic heterocycles. The molecule has 152 valence electrons. The molecule has 0 aliphatic carbocycles. The zero-order valence-electron chi connectivity index (χ0n) is 17.2. The van der Waals surface area contributed by atoms with Gasteiger partial charge in [0.25, 0.3) is 5.91 Å². The van der Waals surface area contributed by atoms with Crippen molar-refractivity contribution in [2.24, 2.45) is 0 Å². The Bertz CT molecular complexity index is 1080. The van der Waals surface area contributed by atoms with Gasteiger partial charge in [-0.3, -0.25) is 10.2 Å². The second-order valence-corrected chi connectivity index (χ2v) is 8.38. The summed E-state index contributed by atoms with van der Waals surface area (Å²) in [5.41, 5.74) is 12.8. The van der Waals surface area contributed by atoms with E-state index in [1.165, 1.54) is 16.7 Å². The number of benzene rings is 3. The Kier molecular flexibility index (Phi) is 4.77. The summed E-state index contributed by atoms with van der Waals surface area (Å²) < 4.78 is 0. The predicted octanol–water partition coefficient (Wildman–Crippen LogP) is 3.99. The van der Waals surface area contributed by atoms with E-state index in [9.17, 15) is 4.79 Å². The van der Waals surface area contributed by atoms with E-state index < -0.39 is 0 Å². The Balaban J connectivity index is 1.65. The Morgan fingerprint density at radius 1 is 0.867 bits per heavy atom. The molecule has 3 aromatic rings. The van der Waals surface area contributed by atoms with E-state index in [1.807, 2.05) is 18.2 Å². The number of anilines is 1. The van der Waals surface area contributed by atoms with E-state index in [0.29, 0.717) is 0 Å². The smallest absolute Gasteiger partial charge is 0.265 e. The van der Waals surface area contributed by atoms with Crippen molar-refractivity contribution in [3.05, 3.63) is 101 Å². The van der Waals surface area contributed by atoms with Gasteiger partial charge in [-0.1, -0.05) is 60.7 Å². The predicted molar refractivity (Wildman–Crippen MR) is 119 cm³/mol. The maximum Gasteiger partial charge on any atom is 0.265 e. The van der Waals surface area contributed by atoms with Crippen LogP contribution in [-0.2, 0) is 6.54 Å². The highest BCUT2D eigenvalue weighted by molar-refractivity contribution is 5.98. The zero-order valence-corrected chi connectivity index (χ0v) is 17.2. The van der Waals surface area contributed by atoms with E-state index >= 15 is 0 Å². The Morgan fingerprint density at radius 2 is 1.63 bits per heavy atom. The lowest BCUT2D eigenvalue weighted by atomic mass is 9.74. The molecule has 3 atom stereocenters. The number of nitrogens with zero attached hydrogens (tertiary/aromatic N) is 1. The number of amides is 1. The van der Waals surface area contributed by atoms with E-state index in [1.54, 1.807) is 0 Å². The first-order valence-corrected chi connectivity index (χ1v) is 10.4. The van der Waals surface area contributed by atoms with E-state index in [0.717, 1.165) is 23.4 Å². The third-order valence-corrected chi connectivity index (χ3v) is 6.03. The van der Waals surface area contributed by atoms with E-state index in [-0.39, 0.29) is 23.9 Å². The third kappa shape index (κ3) is 3.26. The standard InChI is InChI=1S/C25H26N4O/c1-29(2)15-16-8-6-11-18(14-16)23-21(17-9-4-3-5-10-17)24-22-19(25(30)28-27-24)12-7-13-20(22)26-23/h3-14,21,23-24,26-27H,15H2,1-2H3,(H,28,30). The normalized spacial score (nSPS) is 22.2. The maximum atomic E-state index is 12.5. The first-order chi connectivity index (χ1) is 14.6. The molecule has 5 nitrogen and oxygen atoms in total. The Labute approximate surface area is 177 Å². The van der Waals surface area contributed by atoms with Crippen LogP contribution in [0.15, 0.2) is 72.8 Å². The van der Waals surface area contributed by atoms with Crippen LogP contribution in [0.2, 0.25) is 0 Å². The molecule has 1 amide bonds. The number of carbonyl (C=O) groups excluding carboxylic acids is 1. The monoisotopic (exact) mass is 398 g/mol. The molecule has 0 spiro atoms. The summed E-state index contributed by atoms with van der Waals surface area (Å²) in [5.74, 6) is 0.0400. The minimum absolute atomic E-state index is 0.0138. The summed E-state index contributed by atoms with van der Waals surface area (Å²) in [6.45, 7) is 0.898. The molecular formula is C25H26N4O. The van der Waals surface area contributed by atoms with Gasteiger partial charge in [-0.05, 0) is 42.9 Å². The molecule has 0 radical (unpaired) electrons. The van der Waals surface area contributed by atoms with Gasteiger partial charge in [0, 0.05) is 29.3 Å². The van der Waals surface area contributed by atoms with Crippen LogP contribution in [0.1, 0.15) is 50.6 Å². The fourth-order valence-electron chi connectivity index (χ4n) is 4.83. The largest absolute Gasteiger partial charge is 0.377 e. The maximum absolute atomic E-state index is 12.5. The fraction of sp³-hybridized carbons (Fsp3) is 0.240. The lowest BCUT2D eigenvalue weighted by molar-refractivity contribution is 0.0899. The first-order valence-electron chi connectivity index (χ1n) is 10.4. The molecule has 2 heterocycles. The van der Waals surface area contributed by atoms with Crippen LogP contribution in [0.3, 0.4) is 0 Å². The lowest BCUT2D eigenvalue weighted by Crippen LogP contribution is -2.50. The molecule has 3 unspecified atom stereocenters. The minimum atomic E-state index is -0.0804. The van der Waals surface area contributed by atoms with E-state index in [4.69, 9.17) is 0 Å². The molecule has 5 heteroatoms. The Morgan fingerprint density at radius 3 is 2.43 bits per heavy atom. The molecule has 0 bridgehead atoms. The van der Waals surface area contributed by atoms with Crippen LogP contribution in [-0.4, -0.2) is 24.9 Å². The van der Waals surface area contributed by atoms with Gasteiger partial charge in [-0.25, -0.2) is 5.43 Å². The van der Waals surface area contributed by atoms with Crippen LogP contribution in [0, 0.1) is 0 Å². The van der Waals surface area contributed by atoms with Gasteiger partial charge in [0.1, 0.15) is 0 Å². The van der Waals surface area contributed by atoms with Gasteiger partial charge in [0.15, 0.2) is 0 Å². The Hall–Kier alpha value is -3.15. The van der Waals surface area contributed by atoms with Crippen molar-refractivity contribution >= 4 is 11.6 Å². The zero-order chi connectivity index (χ0) is 20.7. The second-order valence-electron chi connectivity index (χ2n) is 8.38. The van der Waals surface area contributed by atoms with Crippen LogP contribution in [0.4, 0.5) is 5.69 Å². The van der Waals surface area contributed by atoms with Crippen molar-refractivity contribution in [2.75, 3.05) is 19.4 Å². The minimum Gasteiger partial charge on any atom is -0.377 e. The number of hydrogen-bond acceptors (Lipinski definition) is 4. The van der Waals surface area contributed by atoms with Crippen molar-refractivity contribution in [1.29, 1.82) is 0 Å². The van der Waals surface area contributed by atoms with Crippen LogP contribution >= 0.6 is 0 Å². The molecule has 3 N–H and O–H groups in total. The van der Waals surface area contributed by atoms with Crippen molar-refractivity contribution < 1.29 is 4.79 Å². The van der Waals surface area contributed by atoms with Gasteiger partial charge < -0.3 is 10.2 Å². The molecule has 5 rings (SSSR count). The molecule has 2 aliphatic rings. The molecule has 0 saturated heterocycles. The second kappa shape index (κ2) is 7.59. The summed E-state index contributed by atoms with van der Waals surface area (Å²) in [5, 5.41) is 3.77. The quantitative estimate of drug-likeness (QED) is 0.622. The van der Waals surface area contributed by atoms with Crippen molar-refractivity contribution in [3.63, 3.8) is 0 Å². The number of hydrogen-bond donors (Lipinski definition) is 3. The van der Waals surface area contributed by atoms with Crippen molar-refractivity contribution in [3.8, 4) is 0 Å². The summed E-state index contributed by atoms with van der Waals surface area (Å²) in [4.78, 5) is 14.6. The number of rotatable bonds is 4. The van der Waals surface area contributed by atoms with Gasteiger partial charge >= 0.3 is 0 Å².